The first-order valence-electron chi connectivity index (χ1n) is 10.3. The van der Waals surface area contributed by atoms with Crippen molar-refractivity contribution < 1.29 is 9.53 Å². The van der Waals surface area contributed by atoms with Crippen LogP contribution in [0.15, 0.2) is 48.5 Å². The van der Waals surface area contributed by atoms with Crippen LogP contribution in [0.25, 0.3) is 0 Å². The molecule has 1 aliphatic heterocycles. The smallest absolute Gasteiger partial charge is 0.251 e. The Labute approximate surface area is 178 Å². The van der Waals surface area contributed by atoms with Gasteiger partial charge >= 0.3 is 0 Å². The van der Waals surface area contributed by atoms with Crippen molar-refractivity contribution in [2.75, 3.05) is 46.4 Å². The summed E-state index contributed by atoms with van der Waals surface area (Å²) in [7, 11) is 2.14. The summed E-state index contributed by atoms with van der Waals surface area (Å²) in [5.41, 5.74) is 1.78. The number of halogens is 1. The highest BCUT2D eigenvalue weighted by Gasteiger charge is 2.24. The molecule has 0 saturated carbocycles. The molecule has 1 aliphatic rings. The van der Waals surface area contributed by atoms with Crippen molar-refractivity contribution in [2.24, 2.45) is 0 Å². The Hall–Kier alpha value is -2.08. The van der Waals surface area contributed by atoms with Crippen LogP contribution < -0.4 is 10.1 Å². The fourth-order valence-corrected chi connectivity index (χ4v) is 3.64. The number of ether oxygens (including phenoxy) is 1. The van der Waals surface area contributed by atoms with Crippen LogP contribution in [0.2, 0.25) is 5.02 Å². The molecule has 6 heteroatoms. The molecule has 0 bridgehead atoms. The van der Waals surface area contributed by atoms with E-state index in [4.69, 9.17) is 16.3 Å². The molecule has 0 unspecified atom stereocenters. The normalized spacial score (nSPS) is 16.4. The van der Waals surface area contributed by atoms with Gasteiger partial charge in [-0.1, -0.05) is 36.7 Å². The second-order valence-corrected chi connectivity index (χ2v) is 7.93. The highest BCUT2D eigenvalue weighted by molar-refractivity contribution is 6.30. The summed E-state index contributed by atoms with van der Waals surface area (Å²) < 4.78 is 5.65. The molecule has 0 radical (unpaired) electrons. The third-order valence-electron chi connectivity index (χ3n) is 5.26. The van der Waals surface area contributed by atoms with E-state index in [1.165, 1.54) is 5.56 Å². The van der Waals surface area contributed by atoms with E-state index in [1.807, 2.05) is 30.3 Å². The lowest BCUT2D eigenvalue weighted by Gasteiger charge is -2.38. The van der Waals surface area contributed by atoms with Gasteiger partial charge in [-0.2, -0.15) is 0 Å². The van der Waals surface area contributed by atoms with Gasteiger partial charge < -0.3 is 15.0 Å². The zero-order valence-corrected chi connectivity index (χ0v) is 18.0. The van der Waals surface area contributed by atoms with E-state index in [9.17, 15) is 4.79 Å². The fourth-order valence-electron chi connectivity index (χ4n) is 3.51. The summed E-state index contributed by atoms with van der Waals surface area (Å²) in [4.78, 5) is 17.5. The Morgan fingerprint density at radius 3 is 2.55 bits per heavy atom. The van der Waals surface area contributed by atoms with Crippen LogP contribution in [-0.2, 0) is 0 Å². The second-order valence-electron chi connectivity index (χ2n) is 7.49. The van der Waals surface area contributed by atoms with Gasteiger partial charge in [-0.25, -0.2) is 0 Å². The number of nitrogens with zero attached hydrogens (tertiary/aromatic N) is 2. The van der Waals surface area contributed by atoms with Crippen molar-refractivity contribution in [3.8, 4) is 5.75 Å². The maximum atomic E-state index is 12.8. The van der Waals surface area contributed by atoms with E-state index >= 15 is 0 Å². The third kappa shape index (κ3) is 6.20. The van der Waals surface area contributed by atoms with Crippen molar-refractivity contribution in [1.82, 2.24) is 15.1 Å². The molecule has 0 aliphatic carbocycles. The highest BCUT2D eigenvalue weighted by atomic mass is 35.5. The van der Waals surface area contributed by atoms with Crippen LogP contribution in [0.3, 0.4) is 0 Å². The first kappa shape index (κ1) is 21.6. The van der Waals surface area contributed by atoms with E-state index in [2.05, 4.69) is 41.2 Å². The standard InChI is InChI=1S/C23H30ClN3O2/c1-3-15-29-21-6-4-5-19(16-21)23(28)25-17-22(18-7-9-20(24)10-8-18)27-13-11-26(2)12-14-27/h4-10,16,22H,3,11-15,17H2,1-2H3,(H,25,28)/t22-/m0/s1. The van der Waals surface area contributed by atoms with Gasteiger partial charge in [0.2, 0.25) is 0 Å². The molecular weight excluding hydrogens is 386 g/mol. The van der Waals surface area contributed by atoms with E-state index in [1.54, 1.807) is 6.07 Å². The molecule has 29 heavy (non-hydrogen) atoms. The van der Waals surface area contributed by atoms with Crippen LogP contribution in [-0.4, -0.2) is 62.1 Å². The summed E-state index contributed by atoms with van der Waals surface area (Å²) in [6.07, 6.45) is 0.935. The number of amides is 1. The second kappa shape index (κ2) is 10.6. The Balaban J connectivity index is 1.69. The predicted molar refractivity (Wildman–Crippen MR) is 118 cm³/mol. The zero-order chi connectivity index (χ0) is 20.6. The monoisotopic (exact) mass is 415 g/mol. The van der Waals surface area contributed by atoms with E-state index in [0.29, 0.717) is 18.7 Å². The number of hydrogen-bond acceptors (Lipinski definition) is 4. The summed E-state index contributed by atoms with van der Waals surface area (Å²) in [6.45, 7) is 7.24. The topological polar surface area (TPSA) is 44.8 Å². The fraction of sp³-hybridized carbons (Fsp3) is 0.435. The summed E-state index contributed by atoms with van der Waals surface area (Å²) >= 11 is 6.08. The van der Waals surface area contributed by atoms with Crippen molar-refractivity contribution in [3.63, 3.8) is 0 Å². The highest BCUT2D eigenvalue weighted by Crippen LogP contribution is 2.23. The number of rotatable bonds is 8. The lowest BCUT2D eigenvalue weighted by Crippen LogP contribution is -2.48. The molecule has 2 aromatic carbocycles. The molecule has 0 spiro atoms. The van der Waals surface area contributed by atoms with Crippen molar-refractivity contribution in [1.29, 1.82) is 0 Å². The Kier molecular flexibility index (Phi) is 7.92. The molecular formula is C23H30ClN3O2. The first-order valence-corrected chi connectivity index (χ1v) is 10.6. The SMILES string of the molecule is CCCOc1cccc(C(=O)NC[C@@H](c2ccc(Cl)cc2)N2CCN(C)CC2)c1. The summed E-state index contributed by atoms with van der Waals surface area (Å²) in [5.74, 6) is 0.646. The first-order chi connectivity index (χ1) is 14.1. The minimum atomic E-state index is -0.0833. The molecule has 3 rings (SSSR count). The molecule has 1 atom stereocenters. The van der Waals surface area contributed by atoms with Gasteiger partial charge in [-0.05, 0) is 49.4 Å². The average molecular weight is 416 g/mol. The zero-order valence-electron chi connectivity index (χ0n) is 17.2. The van der Waals surface area contributed by atoms with Gasteiger partial charge in [0.1, 0.15) is 5.75 Å². The molecule has 5 nitrogen and oxygen atoms in total. The van der Waals surface area contributed by atoms with Gasteiger partial charge in [0.25, 0.3) is 5.91 Å². The number of carbonyl (C=O) groups excluding carboxylic acids is 1. The molecule has 0 aromatic heterocycles. The summed E-state index contributed by atoms with van der Waals surface area (Å²) in [6, 6.07) is 15.4. The predicted octanol–water partition coefficient (Wildman–Crippen LogP) is 3.85. The molecule has 1 heterocycles. The van der Waals surface area contributed by atoms with E-state index < -0.39 is 0 Å². The molecule has 2 aromatic rings. The Morgan fingerprint density at radius 1 is 1.14 bits per heavy atom. The Bertz CT molecular complexity index is 789. The van der Waals surface area contributed by atoms with Gasteiger partial charge in [0.05, 0.1) is 12.6 Å². The minimum absolute atomic E-state index is 0.0833. The number of hydrogen-bond donors (Lipinski definition) is 1. The van der Waals surface area contributed by atoms with Crippen LogP contribution in [0.4, 0.5) is 0 Å². The summed E-state index contributed by atoms with van der Waals surface area (Å²) in [5, 5.41) is 3.84. The van der Waals surface area contributed by atoms with Crippen molar-refractivity contribution >= 4 is 17.5 Å². The van der Waals surface area contributed by atoms with Gasteiger partial charge in [-0.3, -0.25) is 9.69 Å². The largest absolute Gasteiger partial charge is 0.494 e. The van der Waals surface area contributed by atoms with E-state index in [0.717, 1.165) is 43.4 Å². The van der Waals surface area contributed by atoms with Crippen LogP contribution in [0, 0.1) is 0 Å². The molecule has 1 N–H and O–H groups in total. The molecule has 1 saturated heterocycles. The number of carbonyl (C=O) groups is 1. The number of likely N-dealkylation sites (N-methyl/N-ethyl adjacent to an activating group) is 1. The van der Waals surface area contributed by atoms with Crippen molar-refractivity contribution in [2.45, 2.75) is 19.4 Å². The lowest BCUT2D eigenvalue weighted by molar-refractivity contribution is 0.0886. The lowest BCUT2D eigenvalue weighted by atomic mass is 10.0. The minimum Gasteiger partial charge on any atom is -0.494 e. The number of piperazine rings is 1. The number of nitrogens with one attached hydrogen (secondary N) is 1. The van der Waals surface area contributed by atoms with Gasteiger partial charge in [0.15, 0.2) is 0 Å². The van der Waals surface area contributed by atoms with Crippen LogP contribution in [0.5, 0.6) is 5.75 Å². The maximum Gasteiger partial charge on any atom is 0.251 e. The van der Waals surface area contributed by atoms with Gasteiger partial charge in [0, 0.05) is 43.3 Å². The van der Waals surface area contributed by atoms with Crippen LogP contribution >= 0.6 is 11.6 Å². The van der Waals surface area contributed by atoms with E-state index in [-0.39, 0.29) is 11.9 Å². The van der Waals surface area contributed by atoms with Gasteiger partial charge in [-0.15, -0.1) is 0 Å². The maximum absolute atomic E-state index is 12.8. The molecule has 156 valence electrons. The third-order valence-corrected chi connectivity index (χ3v) is 5.51. The Morgan fingerprint density at radius 2 is 1.86 bits per heavy atom. The van der Waals surface area contributed by atoms with Crippen LogP contribution in [0.1, 0.15) is 35.3 Å². The average Bonchev–Trinajstić information content (AvgIpc) is 2.75. The molecule has 1 fully saturated rings. The van der Waals surface area contributed by atoms with Crippen molar-refractivity contribution in [3.05, 3.63) is 64.7 Å². The number of benzene rings is 2. The quantitative estimate of drug-likeness (QED) is 0.711. The molecule has 1 amide bonds.